The number of pyridine rings is 1. The molecule has 0 bridgehead atoms. The van der Waals surface area contributed by atoms with Crippen molar-refractivity contribution < 1.29 is 19.0 Å². The predicted molar refractivity (Wildman–Crippen MR) is 133 cm³/mol. The third-order valence-electron chi connectivity index (χ3n) is 4.66. The maximum Gasteiger partial charge on any atom is 0.278 e. The van der Waals surface area contributed by atoms with Crippen LogP contribution in [-0.2, 0) is 22.7 Å². The minimum absolute atomic E-state index is 0.0679. The summed E-state index contributed by atoms with van der Waals surface area (Å²) in [5.41, 5.74) is 5.31. The SMILES string of the molecule is COCc1cc(C)nc(OCC(=O)N/N=C\c2ccccc2OCc2ccc(Cl)cc2Cl)c1C#N. The highest BCUT2D eigenvalue weighted by Gasteiger charge is 2.14. The Hall–Kier alpha value is -3.64. The molecule has 1 aromatic heterocycles. The number of ether oxygens (including phenoxy) is 3. The molecule has 3 rings (SSSR count). The molecular weight excluding hydrogens is 491 g/mol. The molecule has 1 amide bonds. The Labute approximate surface area is 213 Å². The molecular formula is C25H22Cl2N4O4. The lowest BCUT2D eigenvalue weighted by Crippen LogP contribution is -2.25. The molecule has 0 fully saturated rings. The zero-order valence-corrected chi connectivity index (χ0v) is 20.6. The molecule has 0 aliphatic heterocycles. The van der Waals surface area contributed by atoms with E-state index in [-0.39, 0.29) is 31.3 Å². The number of para-hydroxylation sites is 1. The third kappa shape index (κ3) is 7.42. The predicted octanol–water partition coefficient (Wildman–Crippen LogP) is 4.82. The van der Waals surface area contributed by atoms with E-state index < -0.39 is 5.91 Å². The second-order valence-corrected chi connectivity index (χ2v) is 8.14. The molecule has 2 aromatic carbocycles. The van der Waals surface area contributed by atoms with Gasteiger partial charge in [-0.3, -0.25) is 4.79 Å². The maximum atomic E-state index is 12.2. The molecule has 0 aliphatic rings. The normalized spacial score (nSPS) is 10.7. The van der Waals surface area contributed by atoms with E-state index in [9.17, 15) is 10.1 Å². The second kappa shape index (κ2) is 12.7. The van der Waals surface area contributed by atoms with Gasteiger partial charge in [-0.2, -0.15) is 10.4 Å². The zero-order chi connectivity index (χ0) is 25.2. The Morgan fingerprint density at radius 2 is 1.94 bits per heavy atom. The molecule has 35 heavy (non-hydrogen) atoms. The minimum Gasteiger partial charge on any atom is -0.488 e. The number of nitrogens with zero attached hydrogens (tertiary/aromatic N) is 3. The first-order chi connectivity index (χ1) is 16.9. The molecule has 1 heterocycles. The highest BCUT2D eigenvalue weighted by molar-refractivity contribution is 6.35. The molecule has 180 valence electrons. The minimum atomic E-state index is -0.520. The Morgan fingerprint density at radius 3 is 2.69 bits per heavy atom. The molecule has 1 N–H and O–H groups in total. The molecule has 0 radical (unpaired) electrons. The summed E-state index contributed by atoms with van der Waals surface area (Å²) in [6.07, 6.45) is 1.46. The van der Waals surface area contributed by atoms with E-state index in [0.717, 1.165) is 5.56 Å². The van der Waals surface area contributed by atoms with Crippen molar-refractivity contribution in [3.63, 3.8) is 0 Å². The van der Waals surface area contributed by atoms with E-state index >= 15 is 0 Å². The third-order valence-corrected chi connectivity index (χ3v) is 5.24. The molecule has 0 atom stereocenters. The van der Waals surface area contributed by atoms with Crippen LogP contribution in [0.4, 0.5) is 0 Å². The number of hydrogen-bond acceptors (Lipinski definition) is 7. The van der Waals surface area contributed by atoms with Crippen LogP contribution in [-0.4, -0.2) is 30.8 Å². The van der Waals surface area contributed by atoms with Crippen molar-refractivity contribution in [3.8, 4) is 17.7 Å². The van der Waals surface area contributed by atoms with Crippen molar-refractivity contribution in [1.82, 2.24) is 10.4 Å². The maximum absolute atomic E-state index is 12.2. The number of hydrazone groups is 1. The number of aromatic nitrogens is 1. The Bertz CT molecular complexity index is 1270. The molecule has 8 nitrogen and oxygen atoms in total. The second-order valence-electron chi connectivity index (χ2n) is 7.29. The fourth-order valence-electron chi connectivity index (χ4n) is 3.06. The number of hydrogen-bond donors (Lipinski definition) is 1. The van der Waals surface area contributed by atoms with Crippen LogP contribution < -0.4 is 14.9 Å². The van der Waals surface area contributed by atoms with Gasteiger partial charge in [-0.1, -0.05) is 41.4 Å². The van der Waals surface area contributed by atoms with Crippen LogP contribution in [0.15, 0.2) is 53.6 Å². The van der Waals surface area contributed by atoms with Crippen molar-refractivity contribution in [2.24, 2.45) is 5.10 Å². The standard InChI is InChI=1S/C25H22Cl2N4O4/c1-16-9-19(13-33-2)21(11-28)25(30-16)35-15-24(32)31-29-12-17-5-3-4-6-23(17)34-14-18-7-8-20(26)10-22(18)27/h3-10,12H,13-15H2,1-2H3,(H,31,32)/b29-12-. The van der Waals surface area contributed by atoms with Crippen molar-refractivity contribution in [2.75, 3.05) is 13.7 Å². The van der Waals surface area contributed by atoms with Crippen molar-refractivity contribution in [3.05, 3.63) is 86.5 Å². The van der Waals surface area contributed by atoms with E-state index in [1.54, 1.807) is 43.3 Å². The molecule has 0 aliphatic carbocycles. The average Bonchev–Trinajstić information content (AvgIpc) is 2.83. The fraction of sp³-hybridized carbons (Fsp3) is 0.200. The number of carbonyl (C=O) groups is 1. The number of amides is 1. The molecule has 0 spiro atoms. The zero-order valence-electron chi connectivity index (χ0n) is 19.0. The van der Waals surface area contributed by atoms with Gasteiger partial charge in [0, 0.05) is 39.5 Å². The lowest BCUT2D eigenvalue weighted by atomic mass is 10.1. The van der Waals surface area contributed by atoms with Gasteiger partial charge >= 0.3 is 0 Å². The van der Waals surface area contributed by atoms with Crippen molar-refractivity contribution >= 4 is 35.3 Å². The van der Waals surface area contributed by atoms with Crippen LogP contribution in [0, 0.1) is 18.3 Å². The Kier molecular flexibility index (Phi) is 9.44. The van der Waals surface area contributed by atoms with Gasteiger partial charge in [0.1, 0.15) is 24.0 Å². The summed E-state index contributed by atoms with van der Waals surface area (Å²) < 4.78 is 16.4. The average molecular weight is 513 g/mol. The summed E-state index contributed by atoms with van der Waals surface area (Å²) in [7, 11) is 1.53. The number of nitriles is 1. The van der Waals surface area contributed by atoms with Crippen LogP contribution in [0.1, 0.15) is 27.9 Å². The van der Waals surface area contributed by atoms with Gasteiger partial charge in [0.15, 0.2) is 6.61 Å². The summed E-state index contributed by atoms with van der Waals surface area (Å²) in [5, 5.41) is 14.5. The van der Waals surface area contributed by atoms with Crippen LogP contribution in [0.3, 0.4) is 0 Å². The number of methoxy groups -OCH3 is 1. The first-order valence-electron chi connectivity index (χ1n) is 10.4. The largest absolute Gasteiger partial charge is 0.488 e. The van der Waals surface area contributed by atoms with Gasteiger partial charge in [0.25, 0.3) is 5.91 Å². The van der Waals surface area contributed by atoms with Crippen molar-refractivity contribution in [2.45, 2.75) is 20.1 Å². The Morgan fingerprint density at radius 1 is 1.14 bits per heavy atom. The first-order valence-corrected chi connectivity index (χ1v) is 11.2. The van der Waals surface area contributed by atoms with E-state index in [2.05, 4.69) is 15.5 Å². The molecule has 0 saturated carbocycles. The molecule has 3 aromatic rings. The summed E-state index contributed by atoms with van der Waals surface area (Å²) >= 11 is 12.1. The topological polar surface area (TPSA) is 106 Å². The van der Waals surface area contributed by atoms with Crippen LogP contribution in [0.25, 0.3) is 0 Å². The summed E-state index contributed by atoms with van der Waals surface area (Å²) in [5.74, 6) is 0.104. The quantitative estimate of drug-likeness (QED) is 0.308. The van der Waals surface area contributed by atoms with E-state index in [1.807, 2.05) is 18.2 Å². The smallest absolute Gasteiger partial charge is 0.278 e. The first kappa shape index (κ1) is 26.0. The fourth-order valence-corrected chi connectivity index (χ4v) is 3.52. The van der Waals surface area contributed by atoms with Crippen LogP contribution in [0.2, 0.25) is 10.0 Å². The number of carbonyl (C=O) groups excluding carboxylic acids is 1. The van der Waals surface area contributed by atoms with Gasteiger partial charge in [0.05, 0.1) is 12.8 Å². The van der Waals surface area contributed by atoms with Gasteiger partial charge in [-0.05, 0) is 37.3 Å². The lowest BCUT2D eigenvalue weighted by molar-refractivity contribution is -0.123. The molecule has 10 heteroatoms. The Balaban J connectivity index is 1.59. The van der Waals surface area contributed by atoms with Gasteiger partial charge < -0.3 is 14.2 Å². The molecule has 0 unspecified atom stereocenters. The summed E-state index contributed by atoms with van der Waals surface area (Å²) in [6, 6.07) is 16.2. The van der Waals surface area contributed by atoms with Gasteiger partial charge in [-0.25, -0.2) is 10.4 Å². The summed E-state index contributed by atoms with van der Waals surface area (Å²) in [4.78, 5) is 16.4. The lowest BCUT2D eigenvalue weighted by Gasteiger charge is -2.11. The molecule has 0 saturated heterocycles. The summed E-state index contributed by atoms with van der Waals surface area (Å²) in [6.45, 7) is 1.85. The highest BCUT2D eigenvalue weighted by Crippen LogP contribution is 2.24. The van der Waals surface area contributed by atoms with E-state index in [1.165, 1.54) is 13.3 Å². The number of nitrogens with one attached hydrogen (secondary N) is 1. The van der Waals surface area contributed by atoms with Crippen LogP contribution >= 0.6 is 23.2 Å². The number of halogens is 2. The number of benzene rings is 2. The monoisotopic (exact) mass is 512 g/mol. The number of aryl methyl sites for hydroxylation is 1. The number of rotatable bonds is 10. The van der Waals surface area contributed by atoms with Crippen LogP contribution in [0.5, 0.6) is 11.6 Å². The van der Waals surface area contributed by atoms with E-state index in [4.69, 9.17) is 37.4 Å². The van der Waals surface area contributed by atoms with E-state index in [0.29, 0.717) is 32.6 Å². The van der Waals surface area contributed by atoms with Crippen molar-refractivity contribution in [1.29, 1.82) is 5.26 Å². The highest BCUT2D eigenvalue weighted by atomic mass is 35.5. The van der Waals surface area contributed by atoms with Gasteiger partial charge in [0.2, 0.25) is 5.88 Å². The van der Waals surface area contributed by atoms with Gasteiger partial charge in [-0.15, -0.1) is 0 Å².